The lowest BCUT2D eigenvalue weighted by Gasteiger charge is -2.17. The fourth-order valence-electron chi connectivity index (χ4n) is 4.10. The van der Waals surface area contributed by atoms with E-state index in [1.165, 1.54) is 84.9 Å². The van der Waals surface area contributed by atoms with E-state index in [0.29, 0.717) is 32.3 Å². The lowest BCUT2D eigenvalue weighted by atomic mass is 9.97. The number of carbonyl (C=O) groups is 2. The van der Waals surface area contributed by atoms with Crippen LogP contribution < -0.4 is 0 Å². The maximum absolute atomic E-state index is 13.1. The van der Waals surface area contributed by atoms with Gasteiger partial charge in [-0.1, -0.05) is 23.2 Å². The Kier molecular flexibility index (Phi) is 10.4. The predicted molar refractivity (Wildman–Crippen MR) is 162 cm³/mol. The maximum Gasteiger partial charge on any atom is 0.475 e. The molecule has 0 spiro atoms. The zero-order chi connectivity index (χ0) is 32.0. The summed E-state index contributed by atoms with van der Waals surface area (Å²) in [7, 11) is -3.40. The van der Waals surface area contributed by atoms with E-state index in [1.54, 1.807) is 0 Å². The molecule has 44 heavy (non-hydrogen) atoms. The number of nitro groups is 2. The Labute approximate surface area is 260 Å². The Hall–Kier alpha value is -4.29. The molecule has 0 unspecified atom stereocenters. The van der Waals surface area contributed by atoms with Crippen LogP contribution in [0.25, 0.3) is 22.3 Å². The summed E-state index contributed by atoms with van der Waals surface area (Å²) in [6, 6.07) is 19.7. The minimum atomic E-state index is -4.42. The van der Waals surface area contributed by atoms with Gasteiger partial charge in [0.2, 0.25) is 0 Å². The van der Waals surface area contributed by atoms with E-state index in [-0.39, 0.29) is 22.5 Å². The van der Waals surface area contributed by atoms with Crippen molar-refractivity contribution in [1.82, 2.24) is 0 Å². The van der Waals surface area contributed by atoms with Gasteiger partial charge in [0.1, 0.15) is 13.2 Å². The molecule has 226 valence electrons. The molecule has 0 aliphatic heterocycles. The Morgan fingerprint density at radius 2 is 1.05 bits per heavy atom. The average Bonchev–Trinajstić information content (AvgIpc) is 3.02. The van der Waals surface area contributed by atoms with E-state index in [2.05, 4.69) is 0 Å². The molecule has 0 radical (unpaired) electrons. The number of hydrogen-bond donors (Lipinski definition) is 0. The molecule has 12 nitrogen and oxygen atoms in total. The lowest BCUT2D eigenvalue weighted by molar-refractivity contribution is -0.385. The molecule has 4 aromatic carbocycles. The van der Waals surface area contributed by atoms with Crippen LogP contribution >= 0.6 is 31.0 Å². The van der Waals surface area contributed by atoms with E-state index < -0.39 is 42.4 Å². The molecule has 15 heteroatoms. The van der Waals surface area contributed by atoms with Gasteiger partial charge in [-0.2, -0.15) is 0 Å². The largest absolute Gasteiger partial charge is 0.475 e. The molecule has 0 bridgehead atoms. The van der Waals surface area contributed by atoms with Crippen molar-refractivity contribution in [3.63, 3.8) is 0 Å². The zero-order valence-corrected chi connectivity index (χ0v) is 25.1. The van der Waals surface area contributed by atoms with Gasteiger partial charge < -0.3 is 0 Å². The Morgan fingerprint density at radius 1 is 0.682 bits per heavy atom. The first kappa shape index (κ1) is 32.6. The van der Waals surface area contributed by atoms with Crippen LogP contribution in [0, 0.1) is 20.2 Å². The first-order valence-electron chi connectivity index (χ1n) is 12.5. The number of nitro benzene ring substituents is 2. The third-order valence-corrected chi connectivity index (χ3v) is 8.08. The van der Waals surface area contributed by atoms with Gasteiger partial charge in [-0.3, -0.25) is 43.4 Å². The van der Waals surface area contributed by atoms with E-state index in [1.807, 2.05) is 0 Å². The number of phosphoric acid groups is 1. The second-order valence-corrected chi connectivity index (χ2v) is 11.7. The number of phosphoric ester groups is 1. The number of non-ortho nitro benzene ring substituents is 2. The van der Waals surface area contributed by atoms with Gasteiger partial charge in [0, 0.05) is 52.5 Å². The number of halogens is 2. The van der Waals surface area contributed by atoms with Crippen molar-refractivity contribution < 1.29 is 37.6 Å². The molecular formula is C29H21Cl2N2O10P. The number of carbonyl (C=O) groups excluding carboxylic acids is 2. The van der Waals surface area contributed by atoms with Gasteiger partial charge in [0.05, 0.1) is 9.85 Å². The summed E-state index contributed by atoms with van der Waals surface area (Å²) in [4.78, 5) is 47.1. The molecule has 0 N–H and O–H groups in total. The van der Waals surface area contributed by atoms with Gasteiger partial charge in [0.25, 0.3) is 11.4 Å². The number of Topliss-reactive ketones (excluding diaryl/α,β-unsaturated/α-hetero) is 2. The Balaban J connectivity index is 1.48. The molecule has 0 fully saturated rings. The van der Waals surface area contributed by atoms with E-state index in [4.69, 9.17) is 36.8 Å². The summed E-state index contributed by atoms with van der Waals surface area (Å²) in [5.41, 5.74) is 1.59. The van der Waals surface area contributed by atoms with Crippen molar-refractivity contribution >= 4 is 54.0 Å². The minimum Gasteiger partial charge on any atom is -0.292 e. The molecule has 0 saturated heterocycles. The summed E-state index contributed by atoms with van der Waals surface area (Å²) >= 11 is 12.2. The molecule has 4 rings (SSSR count). The molecule has 0 atom stereocenters. The zero-order valence-electron chi connectivity index (χ0n) is 22.7. The first-order valence-corrected chi connectivity index (χ1v) is 14.7. The van der Waals surface area contributed by atoms with Crippen molar-refractivity contribution in [2.24, 2.45) is 0 Å². The Morgan fingerprint density at radius 3 is 1.36 bits per heavy atom. The third kappa shape index (κ3) is 7.80. The number of nitrogens with zero attached hydrogens (tertiary/aromatic N) is 2. The van der Waals surface area contributed by atoms with Crippen LogP contribution in [-0.4, -0.2) is 41.7 Å². The quantitative estimate of drug-likeness (QED) is 0.0594. The van der Waals surface area contributed by atoms with Crippen LogP contribution in [-0.2, 0) is 18.1 Å². The molecule has 0 aliphatic carbocycles. The normalized spacial score (nSPS) is 11.2. The highest BCUT2D eigenvalue weighted by molar-refractivity contribution is 7.48. The summed E-state index contributed by atoms with van der Waals surface area (Å²) < 4.78 is 28.5. The van der Waals surface area contributed by atoms with Crippen LogP contribution in [0.3, 0.4) is 0 Å². The second-order valence-electron chi connectivity index (χ2n) is 9.01. The number of benzene rings is 4. The third-order valence-electron chi connectivity index (χ3n) is 6.27. The topological polar surface area (TPSA) is 165 Å². The van der Waals surface area contributed by atoms with Crippen LogP contribution in [0.2, 0.25) is 10.0 Å². The highest BCUT2D eigenvalue weighted by Gasteiger charge is 2.29. The monoisotopic (exact) mass is 658 g/mol. The van der Waals surface area contributed by atoms with E-state index in [0.717, 1.165) is 7.11 Å². The fourth-order valence-corrected chi connectivity index (χ4v) is 5.28. The van der Waals surface area contributed by atoms with Crippen LogP contribution in [0.15, 0.2) is 84.9 Å². The highest BCUT2D eigenvalue weighted by Crippen LogP contribution is 2.49. The number of rotatable bonds is 13. The second kappa shape index (κ2) is 14.0. The van der Waals surface area contributed by atoms with Crippen molar-refractivity contribution in [3.05, 3.63) is 126 Å². The van der Waals surface area contributed by atoms with Crippen LogP contribution in [0.4, 0.5) is 11.4 Å². The van der Waals surface area contributed by atoms with Crippen LogP contribution in [0.5, 0.6) is 0 Å². The number of ketones is 2. The van der Waals surface area contributed by atoms with E-state index in [9.17, 15) is 34.4 Å². The summed E-state index contributed by atoms with van der Waals surface area (Å²) in [6.07, 6.45) is 0. The van der Waals surface area contributed by atoms with Gasteiger partial charge >= 0.3 is 7.82 Å². The van der Waals surface area contributed by atoms with E-state index >= 15 is 0 Å². The summed E-state index contributed by atoms with van der Waals surface area (Å²) in [5.74, 6) is -1.28. The van der Waals surface area contributed by atoms with Crippen molar-refractivity contribution in [2.75, 3.05) is 20.3 Å². The molecule has 0 saturated carbocycles. The van der Waals surface area contributed by atoms with Crippen molar-refractivity contribution in [2.45, 2.75) is 0 Å². The average molecular weight is 659 g/mol. The van der Waals surface area contributed by atoms with Gasteiger partial charge in [0.15, 0.2) is 11.6 Å². The molecule has 4 aromatic rings. The molecule has 0 aromatic heterocycles. The SMILES string of the molecule is COP(=O)(OCC(=O)c1ccc(Cl)cc1-c1ccc([N+](=O)[O-])cc1)OCC(=O)c1ccc(Cl)cc1-c1ccc([N+](=O)[O-])cc1. The molecule has 0 aliphatic rings. The molecule has 0 heterocycles. The summed E-state index contributed by atoms with van der Waals surface area (Å²) in [5, 5.41) is 22.6. The van der Waals surface area contributed by atoms with Gasteiger partial charge in [-0.15, -0.1) is 0 Å². The summed E-state index contributed by atoms with van der Waals surface area (Å²) in [6.45, 7) is -1.54. The number of hydrogen-bond acceptors (Lipinski definition) is 10. The van der Waals surface area contributed by atoms with Crippen LogP contribution in [0.1, 0.15) is 20.7 Å². The lowest BCUT2D eigenvalue weighted by Crippen LogP contribution is -2.14. The smallest absolute Gasteiger partial charge is 0.292 e. The predicted octanol–water partition coefficient (Wildman–Crippen LogP) is 8.00. The highest BCUT2D eigenvalue weighted by atomic mass is 35.5. The van der Waals surface area contributed by atoms with Crippen molar-refractivity contribution in [3.8, 4) is 22.3 Å². The Bertz CT molecular complexity index is 1670. The molecular weight excluding hydrogens is 638 g/mol. The van der Waals surface area contributed by atoms with Gasteiger partial charge in [-0.05, 0) is 82.9 Å². The molecule has 0 amide bonds. The minimum absolute atomic E-state index is 0.121. The maximum atomic E-state index is 13.1. The van der Waals surface area contributed by atoms with Crippen molar-refractivity contribution in [1.29, 1.82) is 0 Å². The standard InChI is InChI=1S/C29H21Cl2N2O10P/c1-41-44(40,42-16-28(34)24-12-6-20(30)14-26(24)18-2-8-22(9-3-18)32(36)37)43-17-29(35)25-13-7-21(31)15-27(25)19-4-10-23(11-5-19)33(38)39/h2-15H,16-17H2,1H3. The fraction of sp³-hybridized carbons (Fsp3) is 0.103. The first-order chi connectivity index (χ1) is 20.9. The van der Waals surface area contributed by atoms with Gasteiger partial charge in [-0.25, -0.2) is 4.57 Å².